The Hall–Kier alpha value is -3.19. The molecule has 0 radical (unpaired) electrons. The molecular formula is C25H29N7. The van der Waals surface area contributed by atoms with E-state index in [1.165, 1.54) is 12.0 Å². The topological polar surface area (TPSA) is 83.8 Å². The lowest BCUT2D eigenvalue weighted by Crippen LogP contribution is -2.52. The zero-order chi connectivity index (χ0) is 21.7. The number of hydrogen-bond acceptors (Lipinski definition) is 6. The summed E-state index contributed by atoms with van der Waals surface area (Å²) in [5, 5.41) is 9.11. The van der Waals surface area contributed by atoms with Crippen molar-refractivity contribution in [3.8, 4) is 0 Å². The molecule has 3 aromatic rings. The van der Waals surface area contributed by atoms with Crippen LogP contribution in [0.25, 0.3) is 10.9 Å². The first-order valence-corrected chi connectivity index (χ1v) is 11.5. The van der Waals surface area contributed by atoms with Crippen LogP contribution in [0.2, 0.25) is 0 Å². The van der Waals surface area contributed by atoms with Crippen LogP contribution in [-0.4, -0.2) is 53.0 Å². The lowest BCUT2D eigenvalue weighted by Gasteiger charge is -2.43. The molecule has 2 aromatic carbocycles. The van der Waals surface area contributed by atoms with E-state index in [4.69, 9.17) is 15.7 Å². The number of fused-ring (bicyclic) bond motifs is 3. The minimum absolute atomic E-state index is 0.0305. The highest BCUT2D eigenvalue weighted by Crippen LogP contribution is 2.38. The number of guanidine groups is 1. The molecule has 0 aliphatic carbocycles. The van der Waals surface area contributed by atoms with Crippen molar-refractivity contribution in [2.75, 3.05) is 31.9 Å². The Balaban J connectivity index is 1.37. The van der Waals surface area contributed by atoms with E-state index in [9.17, 15) is 0 Å². The second kappa shape index (κ2) is 7.74. The van der Waals surface area contributed by atoms with Crippen molar-refractivity contribution in [2.45, 2.75) is 18.4 Å². The maximum absolute atomic E-state index is 5.98. The highest BCUT2D eigenvalue weighted by molar-refractivity contribution is 5.93. The molecule has 2 saturated heterocycles. The van der Waals surface area contributed by atoms with Gasteiger partial charge in [-0.3, -0.25) is 4.68 Å². The SMILES string of the molecule is Cn1ncc2cc(C3C=NC(N4CC5CNCC(C5)C4)=NC3c3ccc(N)cc3)ccc21. The monoisotopic (exact) mass is 427 g/mol. The Labute approximate surface area is 188 Å². The van der Waals surface area contributed by atoms with Crippen LogP contribution in [0.3, 0.4) is 0 Å². The molecule has 0 amide bonds. The maximum atomic E-state index is 5.98. The van der Waals surface area contributed by atoms with Crippen molar-refractivity contribution >= 4 is 28.8 Å². The van der Waals surface area contributed by atoms with E-state index in [1.807, 2.05) is 30.1 Å². The molecule has 4 atom stereocenters. The number of benzene rings is 2. The fourth-order valence-electron chi connectivity index (χ4n) is 5.53. The van der Waals surface area contributed by atoms with Gasteiger partial charge in [0.05, 0.1) is 17.8 Å². The molecule has 4 heterocycles. The van der Waals surface area contributed by atoms with E-state index in [0.717, 1.165) is 54.3 Å². The summed E-state index contributed by atoms with van der Waals surface area (Å²) < 4.78 is 1.91. The third-order valence-electron chi connectivity index (χ3n) is 7.15. The molecule has 2 bridgehead atoms. The molecule has 3 N–H and O–H groups in total. The number of nitrogens with zero attached hydrogens (tertiary/aromatic N) is 5. The number of aryl methyl sites for hydroxylation is 1. The van der Waals surface area contributed by atoms with E-state index in [-0.39, 0.29) is 12.0 Å². The Morgan fingerprint density at radius 2 is 1.75 bits per heavy atom. The van der Waals surface area contributed by atoms with Gasteiger partial charge >= 0.3 is 0 Å². The van der Waals surface area contributed by atoms with Crippen LogP contribution in [0.15, 0.2) is 58.6 Å². The molecule has 4 unspecified atom stereocenters. The second-order valence-electron chi connectivity index (χ2n) is 9.46. The van der Waals surface area contributed by atoms with Gasteiger partial charge in [-0.05, 0) is 66.7 Å². The van der Waals surface area contributed by atoms with Gasteiger partial charge in [0.1, 0.15) is 0 Å². The molecule has 3 aliphatic heterocycles. The van der Waals surface area contributed by atoms with Crippen LogP contribution in [0.5, 0.6) is 0 Å². The minimum Gasteiger partial charge on any atom is -0.399 e. The summed E-state index contributed by atoms with van der Waals surface area (Å²) in [6.45, 7) is 4.25. The summed E-state index contributed by atoms with van der Waals surface area (Å²) in [5.74, 6) is 2.31. The molecule has 6 rings (SSSR count). The Morgan fingerprint density at radius 1 is 1.00 bits per heavy atom. The largest absolute Gasteiger partial charge is 0.399 e. The number of hydrogen-bond donors (Lipinski definition) is 2. The first-order valence-electron chi connectivity index (χ1n) is 11.5. The summed E-state index contributed by atoms with van der Waals surface area (Å²) in [6.07, 6.45) is 5.34. The number of rotatable bonds is 2. The highest BCUT2D eigenvalue weighted by atomic mass is 15.3. The van der Waals surface area contributed by atoms with Crippen molar-refractivity contribution in [1.29, 1.82) is 0 Å². The normalized spacial score (nSPS) is 27.5. The summed E-state index contributed by atoms with van der Waals surface area (Å²) in [4.78, 5) is 12.5. The maximum Gasteiger partial charge on any atom is 0.220 e. The Kier molecular flexibility index (Phi) is 4.72. The fourth-order valence-corrected chi connectivity index (χ4v) is 5.53. The first kappa shape index (κ1) is 19.5. The van der Waals surface area contributed by atoms with E-state index in [1.54, 1.807) is 0 Å². The molecule has 7 heteroatoms. The highest BCUT2D eigenvalue weighted by Gasteiger charge is 2.34. The van der Waals surface area contributed by atoms with Crippen molar-refractivity contribution in [2.24, 2.45) is 28.9 Å². The van der Waals surface area contributed by atoms with Crippen molar-refractivity contribution in [3.05, 3.63) is 59.8 Å². The standard InChI is InChI=1S/C25H29N7/c1-31-23-7-4-19(9-20(23)12-29-31)22-13-28-25(30-24(22)18-2-5-21(26)6-3-18)32-14-16-8-17(15-32)11-27-10-16/h2-7,9,12-13,16-17,22,24,27H,8,10-11,14-15,26H2,1H3. The van der Waals surface area contributed by atoms with Gasteiger partial charge in [0.15, 0.2) is 0 Å². The van der Waals surface area contributed by atoms with Gasteiger partial charge in [-0.2, -0.15) is 5.10 Å². The van der Waals surface area contributed by atoms with Crippen LogP contribution in [0.1, 0.15) is 29.5 Å². The number of piperidine rings is 2. The summed E-state index contributed by atoms with van der Waals surface area (Å²) >= 11 is 0. The van der Waals surface area contributed by atoms with E-state index < -0.39 is 0 Å². The van der Waals surface area contributed by atoms with E-state index in [0.29, 0.717) is 11.8 Å². The van der Waals surface area contributed by atoms with E-state index >= 15 is 0 Å². The summed E-state index contributed by atoms with van der Waals surface area (Å²) in [6, 6.07) is 14.7. The molecule has 164 valence electrons. The van der Waals surface area contributed by atoms with Crippen LogP contribution in [0, 0.1) is 11.8 Å². The fraction of sp³-hybridized carbons (Fsp3) is 0.400. The zero-order valence-corrected chi connectivity index (χ0v) is 18.4. The number of aliphatic imine (C=N–C) groups is 2. The van der Waals surface area contributed by atoms with Gasteiger partial charge in [0.2, 0.25) is 5.96 Å². The van der Waals surface area contributed by atoms with Gasteiger partial charge in [0.25, 0.3) is 0 Å². The molecule has 1 aromatic heterocycles. The second-order valence-corrected chi connectivity index (χ2v) is 9.46. The number of nitrogens with two attached hydrogens (primary N) is 1. The third kappa shape index (κ3) is 3.46. The predicted molar refractivity (Wildman–Crippen MR) is 129 cm³/mol. The van der Waals surface area contributed by atoms with Crippen molar-refractivity contribution < 1.29 is 0 Å². The lowest BCUT2D eigenvalue weighted by molar-refractivity contribution is 0.149. The molecule has 2 fully saturated rings. The molecule has 32 heavy (non-hydrogen) atoms. The lowest BCUT2D eigenvalue weighted by atomic mass is 9.85. The smallest absolute Gasteiger partial charge is 0.220 e. The summed E-state index contributed by atoms with van der Waals surface area (Å²) in [5.41, 5.74) is 10.2. The van der Waals surface area contributed by atoms with Gasteiger partial charge in [-0.15, -0.1) is 0 Å². The Morgan fingerprint density at radius 3 is 2.53 bits per heavy atom. The molecule has 0 spiro atoms. The minimum atomic E-state index is -0.0305. The quantitative estimate of drug-likeness (QED) is 0.616. The van der Waals surface area contributed by atoms with Crippen molar-refractivity contribution in [3.63, 3.8) is 0 Å². The molecule has 0 saturated carbocycles. The number of aromatic nitrogens is 2. The number of nitrogen functional groups attached to an aromatic ring is 1. The number of nitrogens with one attached hydrogen (secondary N) is 1. The van der Waals surface area contributed by atoms with Crippen LogP contribution in [0.4, 0.5) is 5.69 Å². The Bertz CT molecular complexity index is 1180. The van der Waals surface area contributed by atoms with Gasteiger partial charge in [0, 0.05) is 43.3 Å². The van der Waals surface area contributed by atoms with Gasteiger partial charge < -0.3 is 16.0 Å². The first-order chi connectivity index (χ1) is 15.6. The van der Waals surface area contributed by atoms with Crippen LogP contribution in [-0.2, 0) is 7.05 Å². The number of likely N-dealkylation sites (tertiary alicyclic amines) is 1. The molecule has 3 aliphatic rings. The van der Waals surface area contributed by atoms with Gasteiger partial charge in [-0.1, -0.05) is 18.2 Å². The average molecular weight is 428 g/mol. The predicted octanol–water partition coefficient (Wildman–Crippen LogP) is 2.96. The third-order valence-corrected chi connectivity index (χ3v) is 7.15. The summed E-state index contributed by atoms with van der Waals surface area (Å²) in [7, 11) is 1.97. The van der Waals surface area contributed by atoms with Crippen molar-refractivity contribution in [1.82, 2.24) is 20.0 Å². The van der Waals surface area contributed by atoms with Gasteiger partial charge in [-0.25, -0.2) is 9.98 Å². The van der Waals surface area contributed by atoms with Crippen LogP contribution < -0.4 is 11.1 Å². The van der Waals surface area contributed by atoms with E-state index in [2.05, 4.69) is 51.9 Å². The molecule has 7 nitrogen and oxygen atoms in total. The zero-order valence-electron chi connectivity index (χ0n) is 18.4. The molecular weight excluding hydrogens is 398 g/mol. The number of anilines is 1. The average Bonchev–Trinajstić information content (AvgIpc) is 3.19. The van der Waals surface area contributed by atoms with Crippen LogP contribution >= 0.6 is 0 Å².